The van der Waals surface area contributed by atoms with Crippen LogP contribution in [0, 0.1) is 0 Å². The molecule has 0 amide bonds. The number of carboxylic acids is 2. The average molecular weight is 390 g/mol. The monoisotopic (exact) mass is 390 g/mol. The minimum atomic E-state index is -5.01. The first-order valence-corrected chi connectivity index (χ1v) is 10.0. The fraction of sp³-hybridized carbons (Fsp3) is 0.875. The fourth-order valence-electron chi connectivity index (χ4n) is 2.74. The molecule has 144 valence electrons. The third kappa shape index (κ3) is 10.6. The number of hydrogen-bond acceptors (Lipinski definition) is 4. The van der Waals surface area contributed by atoms with Crippen LogP contribution < -0.4 is 0 Å². The second-order valence-corrected chi connectivity index (χ2v) is 8.01. The van der Waals surface area contributed by atoms with Gasteiger partial charge in [-0.05, 0) is 6.42 Å². The Bertz CT molecular complexity index is 493. The molecule has 0 saturated heterocycles. The van der Waals surface area contributed by atoms with Crippen LogP contribution in [0.25, 0.3) is 0 Å². The molecule has 0 aromatic heterocycles. The van der Waals surface area contributed by atoms with E-state index in [2.05, 4.69) is 6.92 Å². The SMILES string of the molecule is CCCCCCCCCCCCC(CC(=O)O)(C(=O)O)S(=O)(=O)O.[NaH]. The van der Waals surface area contributed by atoms with Gasteiger partial charge in [-0.25, -0.2) is 0 Å². The molecule has 0 radical (unpaired) electrons. The van der Waals surface area contributed by atoms with Gasteiger partial charge in [0.05, 0.1) is 6.42 Å². The summed E-state index contributed by atoms with van der Waals surface area (Å²) in [6.07, 6.45) is 8.27. The van der Waals surface area contributed by atoms with Crippen molar-refractivity contribution < 1.29 is 32.8 Å². The Balaban J connectivity index is 0. The van der Waals surface area contributed by atoms with Crippen molar-refractivity contribution in [2.45, 2.75) is 88.7 Å². The van der Waals surface area contributed by atoms with Gasteiger partial charge in [-0.3, -0.25) is 14.1 Å². The third-order valence-electron chi connectivity index (χ3n) is 4.25. The maximum absolute atomic E-state index is 11.4. The number of carbonyl (C=O) groups is 2. The van der Waals surface area contributed by atoms with Crippen LogP contribution in [-0.2, 0) is 19.7 Å². The van der Waals surface area contributed by atoms with Crippen molar-refractivity contribution in [3.63, 3.8) is 0 Å². The van der Waals surface area contributed by atoms with Crippen molar-refractivity contribution >= 4 is 51.6 Å². The van der Waals surface area contributed by atoms with E-state index in [1.807, 2.05) is 0 Å². The van der Waals surface area contributed by atoms with Crippen molar-refractivity contribution in [1.29, 1.82) is 0 Å². The van der Waals surface area contributed by atoms with E-state index in [0.29, 0.717) is 6.42 Å². The Morgan fingerprint density at radius 2 is 1.24 bits per heavy atom. The number of aliphatic carboxylic acids is 2. The maximum atomic E-state index is 11.4. The van der Waals surface area contributed by atoms with Gasteiger partial charge in [0.1, 0.15) is 0 Å². The van der Waals surface area contributed by atoms with Crippen LogP contribution in [-0.4, -0.2) is 69.4 Å². The standard InChI is InChI=1S/C16H30O7S.Na.H/c1-2-3-4-5-6-7-8-9-10-11-12-16(15(19)20,13-14(17)18)24(21,22)23;;/h2-13H2,1H3,(H,17,18)(H,19,20)(H,21,22,23);;. The Kier molecular flexibility index (Phi) is 15.1. The van der Waals surface area contributed by atoms with Crippen molar-refractivity contribution in [2.75, 3.05) is 0 Å². The van der Waals surface area contributed by atoms with E-state index in [-0.39, 0.29) is 36.0 Å². The van der Waals surface area contributed by atoms with E-state index < -0.39 is 39.6 Å². The topological polar surface area (TPSA) is 129 Å². The van der Waals surface area contributed by atoms with Gasteiger partial charge in [0.25, 0.3) is 10.1 Å². The van der Waals surface area contributed by atoms with Gasteiger partial charge in [0.2, 0.25) is 4.75 Å². The summed E-state index contributed by atoms with van der Waals surface area (Å²) in [5, 5.41) is 17.9. The summed E-state index contributed by atoms with van der Waals surface area (Å²) in [6.45, 7) is 2.16. The Morgan fingerprint density at radius 3 is 1.56 bits per heavy atom. The van der Waals surface area contributed by atoms with Crippen molar-refractivity contribution in [1.82, 2.24) is 0 Å². The van der Waals surface area contributed by atoms with Gasteiger partial charge in [0.15, 0.2) is 0 Å². The molecule has 0 aromatic rings. The van der Waals surface area contributed by atoms with Crippen LogP contribution in [0.3, 0.4) is 0 Å². The van der Waals surface area contributed by atoms with Crippen LogP contribution in [0.5, 0.6) is 0 Å². The zero-order chi connectivity index (χ0) is 18.6. The predicted octanol–water partition coefficient (Wildman–Crippen LogP) is 2.83. The normalized spacial score (nSPS) is 13.7. The molecule has 0 rings (SSSR count). The quantitative estimate of drug-likeness (QED) is 0.223. The van der Waals surface area contributed by atoms with Crippen molar-refractivity contribution in [3.05, 3.63) is 0 Å². The Labute approximate surface area is 172 Å². The third-order valence-corrected chi connectivity index (χ3v) is 5.77. The summed E-state index contributed by atoms with van der Waals surface area (Å²) in [6, 6.07) is 0. The van der Waals surface area contributed by atoms with E-state index in [4.69, 9.17) is 10.2 Å². The summed E-state index contributed by atoms with van der Waals surface area (Å²) in [5.74, 6) is -3.38. The van der Waals surface area contributed by atoms with E-state index in [0.717, 1.165) is 25.7 Å². The van der Waals surface area contributed by atoms with Gasteiger partial charge < -0.3 is 10.2 Å². The molecular weight excluding hydrogens is 359 g/mol. The van der Waals surface area contributed by atoms with Crippen LogP contribution in [0.1, 0.15) is 84.0 Å². The van der Waals surface area contributed by atoms with E-state index in [1.54, 1.807) is 0 Å². The Hall–Kier alpha value is -0.150. The summed E-state index contributed by atoms with van der Waals surface area (Å²) in [5.41, 5.74) is 0. The molecule has 9 heteroatoms. The average Bonchev–Trinajstić information content (AvgIpc) is 2.46. The molecule has 0 aliphatic rings. The van der Waals surface area contributed by atoms with Crippen LogP contribution in [0.15, 0.2) is 0 Å². The number of rotatable bonds is 15. The first kappa shape index (κ1) is 27.1. The molecule has 0 saturated carbocycles. The van der Waals surface area contributed by atoms with Crippen LogP contribution in [0.4, 0.5) is 0 Å². The first-order chi connectivity index (χ1) is 11.2. The molecule has 1 unspecified atom stereocenters. The number of carboxylic acid groups (broad SMARTS) is 2. The van der Waals surface area contributed by atoms with Gasteiger partial charge in [-0.2, -0.15) is 8.42 Å². The minimum absolute atomic E-state index is 0. The second kappa shape index (κ2) is 14.0. The van der Waals surface area contributed by atoms with Gasteiger partial charge in [-0.15, -0.1) is 0 Å². The molecule has 25 heavy (non-hydrogen) atoms. The summed E-state index contributed by atoms with van der Waals surface area (Å²) >= 11 is 0. The van der Waals surface area contributed by atoms with Crippen LogP contribution in [0.2, 0.25) is 0 Å². The summed E-state index contributed by atoms with van der Waals surface area (Å²) in [4.78, 5) is 22.1. The fourth-order valence-corrected chi connectivity index (χ4v) is 3.67. The molecule has 0 aliphatic heterocycles. The molecule has 7 nitrogen and oxygen atoms in total. The van der Waals surface area contributed by atoms with E-state index in [9.17, 15) is 22.6 Å². The molecule has 1 atom stereocenters. The second-order valence-electron chi connectivity index (χ2n) is 6.28. The number of unbranched alkanes of at least 4 members (excludes halogenated alkanes) is 9. The molecule has 0 bridgehead atoms. The molecular formula is C16H31NaO7S. The van der Waals surface area contributed by atoms with Crippen molar-refractivity contribution in [2.24, 2.45) is 0 Å². The molecule has 0 heterocycles. The van der Waals surface area contributed by atoms with Crippen molar-refractivity contribution in [3.8, 4) is 0 Å². The van der Waals surface area contributed by atoms with E-state index in [1.165, 1.54) is 25.7 Å². The predicted molar refractivity (Wildman–Crippen MR) is 97.8 cm³/mol. The zero-order valence-corrected chi connectivity index (χ0v) is 15.2. The number of hydrogen-bond donors (Lipinski definition) is 3. The summed E-state index contributed by atoms with van der Waals surface area (Å²) in [7, 11) is -5.01. The molecule has 3 N–H and O–H groups in total. The van der Waals surface area contributed by atoms with E-state index >= 15 is 0 Å². The summed E-state index contributed by atoms with van der Waals surface area (Å²) < 4.78 is 29.4. The van der Waals surface area contributed by atoms with Crippen LogP contribution >= 0.6 is 0 Å². The molecule has 0 fully saturated rings. The Morgan fingerprint density at radius 1 is 0.840 bits per heavy atom. The van der Waals surface area contributed by atoms with Gasteiger partial charge >= 0.3 is 41.5 Å². The van der Waals surface area contributed by atoms with Gasteiger partial charge in [-0.1, -0.05) is 71.1 Å². The molecule has 0 aliphatic carbocycles. The molecule has 0 spiro atoms. The van der Waals surface area contributed by atoms with Gasteiger partial charge in [0, 0.05) is 0 Å². The zero-order valence-electron chi connectivity index (χ0n) is 14.4. The molecule has 0 aromatic carbocycles. The first-order valence-electron chi connectivity index (χ1n) is 8.59.